The fourth-order valence-electron chi connectivity index (χ4n) is 4.05. The molecule has 1 aromatic rings. The summed E-state index contributed by atoms with van der Waals surface area (Å²) in [5.41, 5.74) is 7.01. The van der Waals surface area contributed by atoms with Crippen molar-refractivity contribution in [3.8, 4) is 0 Å². The van der Waals surface area contributed by atoms with Crippen molar-refractivity contribution in [2.75, 3.05) is 18.0 Å². The molecular weight excluding hydrogens is 338 g/mol. The molecule has 6 heteroatoms. The van der Waals surface area contributed by atoms with Gasteiger partial charge in [-0.05, 0) is 44.2 Å². The highest BCUT2D eigenvalue weighted by Gasteiger charge is 2.39. The van der Waals surface area contributed by atoms with Gasteiger partial charge in [-0.3, -0.25) is 9.59 Å². The molecule has 138 valence electrons. The van der Waals surface area contributed by atoms with Crippen LogP contribution < -0.4 is 10.6 Å². The van der Waals surface area contributed by atoms with E-state index < -0.39 is 0 Å². The Hall–Kier alpha value is -1.59. The molecule has 3 rings (SSSR count). The van der Waals surface area contributed by atoms with Crippen LogP contribution in [0.3, 0.4) is 0 Å². The molecule has 0 bridgehead atoms. The van der Waals surface area contributed by atoms with Crippen LogP contribution in [0.4, 0.5) is 5.69 Å². The van der Waals surface area contributed by atoms with Crippen LogP contribution in [0.2, 0.25) is 0 Å². The number of benzene rings is 1. The quantitative estimate of drug-likeness (QED) is 0.872. The van der Waals surface area contributed by atoms with Gasteiger partial charge in [-0.15, -0.1) is 12.4 Å². The van der Waals surface area contributed by atoms with Gasteiger partial charge in [-0.2, -0.15) is 0 Å². The van der Waals surface area contributed by atoms with Gasteiger partial charge in [0.25, 0.3) is 0 Å². The van der Waals surface area contributed by atoms with Crippen LogP contribution in [-0.2, 0) is 9.59 Å². The molecule has 1 aliphatic carbocycles. The van der Waals surface area contributed by atoms with Crippen LogP contribution in [0.15, 0.2) is 30.3 Å². The van der Waals surface area contributed by atoms with Crippen LogP contribution in [-0.4, -0.2) is 41.9 Å². The lowest BCUT2D eigenvalue weighted by Crippen LogP contribution is -2.46. The zero-order valence-electron chi connectivity index (χ0n) is 14.8. The van der Waals surface area contributed by atoms with Crippen molar-refractivity contribution in [2.24, 2.45) is 11.7 Å². The topological polar surface area (TPSA) is 66.6 Å². The van der Waals surface area contributed by atoms with E-state index in [1.165, 1.54) is 0 Å². The standard InChI is InChI=1S/C19H27N3O2.ClH/c1-2-21(18(23)13-14-7-6-10-16(14)20)17-11-12-22(19(17)24)15-8-4-3-5-9-15;/h3-5,8-9,14,16-17H,2,6-7,10-13,20H2,1H3;1H/t14-,16+,17?;/m0./s1. The van der Waals surface area contributed by atoms with Crippen LogP contribution in [0.1, 0.15) is 39.0 Å². The molecule has 1 saturated carbocycles. The SMILES string of the molecule is CCN(C(=O)C[C@@H]1CCC[C@H]1N)C1CCN(c2ccccc2)C1=O.Cl. The van der Waals surface area contributed by atoms with E-state index in [4.69, 9.17) is 5.73 Å². The zero-order chi connectivity index (χ0) is 17.1. The number of para-hydroxylation sites is 1. The van der Waals surface area contributed by atoms with E-state index in [1.807, 2.05) is 37.3 Å². The summed E-state index contributed by atoms with van der Waals surface area (Å²) in [5, 5.41) is 0. The number of rotatable bonds is 5. The number of nitrogens with two attached hydrogens (primary N) is 1. The Morgan fingerprint density at radius 2 is 1.96 bits per heavy atom. The molecule has 2 fully saturated rings. The maximum absolute atomic E-state index is 12.8. The Kier molecular flexibility index (Phi) is 6.85. The monoisotopic (exact) mass is 365 g/mol. The second-order valence-electron chi connectivity index (χ2n) is 6.87. The summed E-state index contributed by atoms with van der Waals surface area (Å²) < 4.78 is 0. The number of hydrogen-bond donors (Lipinski definition) is 1. The minimum Gasteiger partial charge on any atom is -0.331 e. The molecule has 5 nitrogen and oxygen atoms in total. The van der Waals surface area contributed by atoms with Gasteiger partial charge in [-0.1, -0.05) is 24.6 Å². The van der Waals surface area contributed by atoms with Crippen molar-refractivity contribution in [1.29, 1.82) is 0 Å². The molecule has 2 aliphatic rings. The molecule has 1 saturated heterocycles. The van der Waals surface area contributed by atoms with Crippen molar-refractivity contribution in [2.45, 2.75) is 51.1 Å². The second kappa shape index (κ2) is 8.68. The number of anilines is 1. The van der Waals surface area contributed by atoms with Gasteiger partial charge in [-0.25, -0.2) is 0 Å². The molecule has 2 amide bonds. The van der Waals surface area contributed by atoms with E-state index in [0.717, 1.165) is 24.9 Å². The molecule has 0 aromatic heterocycles. The van der Waals surface area contributed by atoms with Crippen molar-refractivity contribution in [3.63, 3.8) is 0 Å². The minimum atomic E-state index is -0.333. The molecule has 0 spiro atoms. The van der Waals surface area contributed by atoms with Gasteiger partial charge in [0.2, 0.25) is 11.8 Å². The minimum absolute atomic E-state index is 0. The number of likely N-dealkylation sites (N-methyl/N-ethyl adjacent to an activating group) is 1. The average molecular weight is 366 g/mol. The highest BCUT2D eigenvalue weighted by molar-refractivity contribution is 6.01. The van der Waals surface area contributed by atoms with Crippen LogP contribution in [0, 0.1) is 5.92 Å². The number of carbonyl (C=O) groups is 2. The third kappa shape index (κ3) is 4.15. The smallest absolute Gasteiger partial charge is 0.249 e. The predicted molar refractivity (Wildman–Crippen MR) is 102 cm³/mol. The lowest BCUT2D eigenvalue weighted by atomic mass is 9.99. The number of amides is 2. The van der Waals surface area contributed by atoms with E-state index >= 15 is 0 Å². The number of hydrogen-bond acceptors (Lipinski definition) is 3. The maximum Gasteiger partial charge on any atom is 0.249 e. The Labute approximate surface area is 155 Å². The van der Waals surface area contributed by atoms with Crippen molar-refractivity contribution in [1.82, 2.24) is 4.90 Å². The molecule has 1 aliphatic heterocycles. The highest BCUT2D eigenvalue weighted by Crippen LogP contribution is 2.29. The largest absolute Gasteiger partial charge is 0.331 e. The van der Waals surface area contributed by atoms with Crippen LogP contribution >= 0.6 is 12.4 Å². The number of carbonyl (C=O) groups excluding carboxylic acids is 2. The normalized spacial score (nSPS) is 25.8. The summed E-state index contributed by atoms with van der Waals surface area (Å²) in [6.07, 6.45) is 4.32. The molecule has 2 N–H and O–H groups in total. The Morgan fingerprint density at radius 3 is 2.56 bits per heavy atom. The summed E-state index contributed by atoms with van der Waals surface area (Å²) in [6, 6.07) is 9.48. The first-order valence-corrected chi connectivity index (χ1v) is 9.03. The lowest BCUT2D eigenvalue weighted by molar-refractivity contribution is -0.138. The fraction of sp³-hybridized carbons (Fsp3) is 0.579. The summed E-state index contributed by atoms with van der Waals surface area (Å²) in [7, 11) is 0. The Bertz CT molecular complexity index is 596. The van der Waals surface area contributed by atoms with Gasteiger partial charge in [0.05, 0.1) is 0 Å². The molecule has 1 aromatic carbocycles. The maximum atomic E-state index is 12.8. The van der Waals surface area contributed by atoms with E-state index in [0.29, 0.717) is 25.9 Å². The summed E-state index contributed by atoms with van der Waals surface area (Å²) in [6.45, 7) is 3.19. The van der Waals surface area contributed by atoms with Crippen molar-refractivity contribution >= 4 is 29.9 Å². The van der Waals surface area contributed by atoms with E-state index in [1.54, 1.807) is 9.80 Å². The Balaban J connectivity index is 0.00000225. The van der Waals surface area contributed by atoms with Crippen LogP contribution in [0.25, 0.3) is 0 Å². The number of nitrogens with zero attached hydrogens (tertiary/aromatic N) is 2. The fourth-order valence-corrected chi connectivity index (χ4v) is 4.05. The van der Waals surface area contributed by atoms with Gasteiger partial charge in [0.15, 0.2) is 0 Å². The molecule has 1 heterocycles. The van der Waals surface area contributed by atoms with E-state index in [-0.39, 0.29) is 42.2 Å². The summed E-state index contributed by atoms with van der Waals surface area (Å²) in [5.74, 6) is 0.383. The van der Waals surface area contributed by atoms with Gasteiger partial charge < -0.3 is 15.5 Å². The average Bonchev–Trinajstić information content (AvgIpc) is 3.16. The molecular formula is C19H28ClN3O2. The molecule has 1 unspecified atom stereocenters. The zero-order valence-corrected chi connectivity index (χ0v) is 15.6. The third-order valence-electron chi connectivity index (χ3n) is 5.44. The summed E-state index contributed by atoms with van der Waals surface area (Å²) >= 11 is 0. The second-order valence-corrected chi connectivity index (χ2v) is 6.87. The summed E-state index contributed by atoms with van der Waals surface area (Å²) in [4.78, 5) is 29.1. The lowest BCUT2D eigenvalue weighted by Gasteiger charge is -2.28. The van der Waals surface area contributed by atoms with E-state index in [9.17, 15) is 9.59 Å². The van der Waals surface area contributed by atoms with Gasteiger partial charge in [0, 0.05) is 31.2 Å². The molecule has 3 atom stereocenters. The molecule has 0 radical (unpaired) electrons. The Morgan fingerprint density at radius 1 is 1.24 bits per heavy atom. The molecule has 25 heavy (non-hydrogen) atoms. The first kappa shape index (κ1) is 19.7. The van der Waals surface area contributed by atoms with Crippen molar-refractivity contribution in [3.05, 3.63) is 30.3 Å². The first-order valence-electron chi connectivity index (χ1n) is 9.03. The number of halogens is 1. The first-order chi connectivity index (χ1) is 11.6. The van der Waals surface area contributed by atoms with E-state index in [2.05, 4.69) is 0 Å². The highest BCUT2D eigenvalue weighted by atomic mass is 35.5. The third-order valence-corrected chi connectivity index (χ3v) is 5.44. The predicted octanol–water partition coefficient (Wildman–Crippen LogP) is 2.58. The van der Waals surface area contributed by atoms with Gasteiger partial charge >= 0.3 is 0 Å². The van der Waals surface area contributed by atoms with Crippen molar-refractivity contribution < 1.29 is 9.59 Å². The van der Waals surface area contributed by atoms with Gasteiger partial charge in [0.1, 0.15) is 6.04 Å². The van der Waals surface area contributed by atoms with Crippen LogP contribution in [0.5, 0.6) is 0 Å².